The largest absolute Gasteiger partial charge is 0.454 e. The van der Waals surface area contributed by atoms with E-state index in [0.717, 1.165) is 23.7 Å². The van der Waals surface area contributed by atoms with Gasteiger partial charge in [-0.05, 0) is 43.2 Å². The van der Waals surface area contributed by atoms with Gasteiger partial charge < -0.3 is 9.72 Å². The molecular weight excluding hydrogens is 392 g/mol. The Morgan fingerprint density at radius 2 is 1.69 bits per heavy atom. The maximum absolute atomic E-state index is 12.5. The van der Waals surface area contributed by atoms with Gasteiger partial charge in [-0.25, -0.2) is 13.2 Å². The molecule has 150 valence electrons. The smallest absolute Gasteiger partial charge is 0.338 e. The molecule has 0 bridgehead atoms. The number of hydrogen-bond donors (Lipinski definition) is 1. The molecule has 8 heteroatoms. The molecule has 1 saturated heterocycles. The summed E-state index contributed by atoms with van der Waals surface area (Å²) in [7, 11) is -3.53. The van der Waals surface area contributed by atoms with Crippen LogP contribution in [-0.4, -0.2) is 49.2 Å². The number of carbonyl (C=O) groups is 2. The van der Waals surface area contributed by atoms with Crippen LogP contribution in [0.25, 0.3) is 10.9 Å². The number of H-pyrrole nitrogens is 1. The average Bonchev–Trinajstić information content (AvgIpc) is 3.42. The van der Waals surface area contributed by atoms with Gasteiger partial charge in [-0.2, -0.15) is 4.31 Å². The Balaban J connectivity index is 1.41. The van der Waals surface area contributed by atoms with Gasteiger partial charge in [-0.1, -0.05) is 18.2 Å². The Hall–Kier alpha value is -2.97. The molecule has 0 atom stereocenters. The number of rotatable bonds is 6. The first-order valence-electron chi connectivity index (χ1n) is 9.33. The number of ketones is 1. The lowest BCUT2D eigenvalue weighted by Gasteiger charge is -2.15. The Labute approximate surface area is 168 Å². The van der Waals surface area contributed by atoms with Gasteiger partial charge >= 0.3 is 5.97 Å². The third-order valence-corrected chi connectivity index (χ3v) is 6.93. The highest BCUT2D eigenvalue weighted by Crippen LogP contribution is 2.22. The highest BCUT2D eigenvalue weighted by Gasteiger charge is 2.27. The lowest BCUT2D eigenvalue weighted by Crippen LogP contribution is -2.27. The minimum atomic E-state index is -3.53. The fourth-order valence-corrected chi connectivity index (χ4v) is 4.95. The van der Waals surface area contributed by atoms with Crippen molar-refractivity contribution in [3.05, 3.63) is 65.9 Å². The predicted octanol–water partition coefficient (Wildman–Crippen LogP) is 2.99. The lowest BCUT2D eigenvalue weighted by molar-refractivity contribution is 0.0475. The van der Waals surface area contributed by atoms with Crippen LogP contribution in [0.1, 0.15) is 33.6 Å². The number of benzene rings is 2. The number of sulfonamides is 1. The second-order valence-electron chi connectivity index (χ2n) is 6.88. The van der Waals surface area contributed by atoms with Crippen LogP contribution in [0.2, 0.25) is 0 Å². The van der Waals surface area contributed by atoms with Gasteiger partial charge in [0.15, 0.2) is 6.61 Å². The van der Waals surface area contributed by atoms with Crippen LogP contribution in [0.5, 0.6) is 0 Å². The molecule has 29 heavy (non-hydrogen) atoms. The summed E-state index contributed by atoms with van der Waals surface area (Å²) in [5, 5.41) is 0.769. The van der Waals surface area contributed by atoms with Crippen molar-refractivity contribution in [2.24, 2.45) is 0 Å². The van der Waals surface area contributed by atoms with Crippen molar-refractivity contribution in [3.63, 3.8) is 0 Å². The van der Waals surface area contributed by atoms with E-state index in [1.165, 1.54) is 28.6 Å². The molecule has 1 fully saturated rings. The zero-order valence-corrected chi connectivity index (χ0v) is 16.4. The van der Waals surface area contributed by atoms with Crippen molar-refractivity contribution in [1.29, 1.82) is 0 Å². The summed E-state index contributed by atoms with van der Waals surface area (Å²) in [5.74, 6) is -0.993. The van der Waals surface area contributed by atoms with E-state index in [9.17, 15) is 18.0 Å². The summed E-state index contributed by atoms with van der Waals surface area (Å²) < 4.78 is 31.6. The van der Waals surface area contributed by atoms with Crippen molar-refractivity contribution in [2.75, 3.05) is 19.7 Å². The van der Waals surface area contributed by atoms with Crippen molar-refractivity contribution in [1.82, 2.24) is 9.29 Å². The first kappa shape index (κ1) is 19.4. The number of carbonyl (C=O) groups excluding carboxylic acids is 2. The minimum absolute atomic E-state index is 0.144. The zero-order valence-electron chi connectivity index (χ0n) is 15.6. The van der Waals surface area contributed by atoms with Crippen molar-refractivity contribution >= 4 is 32.7 Å². The first-order chi connectivity index (χ1) is 14.0. The van der Waals surface area contributed by atoms with Crippen LogP contribution in [0, 0.1) is 0 Å². The number of Topliss-reactive ketones (excluding diaryl/α,β-unsaturated/α-hetero) is 1. The number of aromatic nitrogens is 1. The third-order valence-electron chi connectivity index (χ3n) is 5.02. The molecule has 0 amide bonds. The number of ether oxygens (including phenoxy) is 1. The standard InChI is InChI=1S/C21H20N2O5S/c24-20(18-13-22-19-6-2-1-5-17(18)19)14-28-21(25)15-7-9-16(10-8-15)29(26,27)23-11-3-4-12-23/h1-2,5-10,13,22H,3-4,11-12,14H2. The molecule has 7 nitrogen and oxygen atoms in total. The van der Waals surface area contributed by atoms with Crippen LogP contribution < -0.4 is 0 Å². The van der Waals surface area contributed by atoms with E-state index in [0.29, 0.717) is 18.7 Å². The first-order valence-corrected chi connectivity index (χ1v) is 10.8. The fourth-order valence-electron chi connectivity index (χ4n) is 3.43. The van der Waals surface area contributed by atoms with Gasteiger partial charge in [0.25, 0.3) is 0 Å². The summed E-state index contributed by atoms with van der Waals surface area (Å²) in [4.78, 5) is 27.8. The summed E-state index contributed by atoms with van der Waals surface area (Å²) in [5.41, 5.74) is 1.48. The molecule has 1 aliphatic heterocycles. The van der Waals surface area contributed by atoms with Gasteiger partial charge in [0.1, 0.15) is 0 Å². The molecule has 1 aromatic heterocycles. The summed E-state index contributed by atoms with van der Waals surface area (Å²) in [6.07, 6.45) is 3.31. The molecule has 0 spiro atoms. The number of hydrogen-bond acceptors (Lipinski definition) is 5. The normalized spacial score (nSPS) is 14.9. The Morgan fingerprint density at radius 3 is 2.41 bits per heavy atom. The molecule has 2 aromatic carbocycles. The molecule has 0 unspecified atom stereocenters. The monoisotopic (exact) mass is 412 g/mol. The summed E-state index contributed by atoms with van der Waals surface area (Å²) in [6, 6.07) is 13.0. The molecule has 1 N–H and O–H groups in total. The maximum Gasteiger partial charge on any atom is 0.338 e. The molecule has 0 aliphatic carbocycles. The van der Waals surface area contributed by atoms with Crippen LogP contribution in [0.4, 0.5) is 0 Å². The number of fused-ring (bicyclic) bond motifs is 1. The van der Waals surface area contributed by atoms with Gasteiger partial charge in [0.05, 0.1) is 10.5 Å². The van der Waals surface area contributed by atoms with Gasteiger partial charge in [0.2, 0.25) is 15.8 Å². The molecule has 0 radical (unpaired) electrons. The number of nitrogens with zero attached hydrogens (tertiary/aromatic N) is 1. The lowest BCUT2D eigenvalue weighted by atomic mass is 10.1. The van der Waals surface area contributed by atoms with Crippen molar-refractivity contribution in [2.45, 2.75) is 17.7 Å². The number of para-hydroxylation sites is 1. The van der Waals surface area contributed by atoms with E-state index in [1.807, 2.05) is 24.3 Å². The quantitative estimate of drug-likeness (QED) is 0.496. The van der Waals surface area contributed by atoms with Crippen molar-refractivity contribution < 1.29 is 22.7 Å². The molecular formula is C21H20N2O5S. The van der Waals surface area contributed by atoms with Crippen LogP contribution >= 0.6 is 0 Å². The van der Waals surface area contributed by atoms with E-state index in [2.05, 4.69) is 4.98 Å². The van der Waals surface area contributed by atoms with Gasteiger partial charge in [0, 0.05) is 35.8 Å². The Morgan fingerprint density at radius 1 is 1.00 bits per heavy atom. The Kier molecular flexibility index (Phi) is 5.21. The predicted molar refractivity (Wildman–Crippen MR) is 107 cm³/mol. The Bertz CT molecular complexity index is 1160. The molecule has 4 rings (SSSR count). The number of esters is 1. The second-order valence-corrected chi connectivity index (χ2v) is 8.82. The maximum atomic E-state index is 12.5. The molecule has 2 heterocycles. The fraction of sp³-hybridized carbons (Fsp3) is 0.238. The van der Waals surface area contributed by atoms with Crippen molar-refractivity contribution in [3.8, 4) is 0 Å². The third kappa shape index (κ3) is 3.81. The summed E-state index contributed by atoms with van der Waals surface area (Å²) >= 11 is 0. The second kappa shape index (κ2) is 7.81. The van der Waals surface area contributed by atoms with E-state index < -0.39 is 22.6 Å². The number of nitrogens with one attached hydrogen (secondary N) is 1. The molecule has 1 aliphatic rings. The van der Waals surface area contributed by atoms with E-state index >= 15 is 0 Å². The SMILES string of the molecule is O=C(OCC(=O)c1c[nH]c2ccccc12)c1ccc(S(=O)(=O)N2CCCC2)cc1. The van der Waals surface area contributed by atoms with E-state index in [4.69, 9.17) is 4.74 Å². The number of aromatic amines is 1. The van der Waals surface area contributed by atoms with E-state index in [-0.39, 0.29) is 16.2 Å². The van der Waals surface area contributed by atoms with Crippen LogP contribution in [0.3, 0.4) is 0 Å². The topological polar surface area (TPSA) is 96.5 Å². The molecule has 3 aromatic rings. The molecule has 0 saturated carbocycles. The minimum Gasteiger partial charge on any atom is -0.454 e. The zero-order chi connectivity index (χ0) is 20.4. The van der Waals surface area contributed by atoms with E-state index in [1.54, 1.807) is 6.20 Å². The van der Waals surface area contributed by atoms with Crippen LogP contribution in [-0.2, 0) is 14.8 Å². The highest BCUT2D eigenvalue weighted by atomic mass is 32.2. The van der Waals surface area contributed by atoms with Crippen LogP contribution in [0.15, 0.2) is 59.6 Å². The average molecular weight is 412 g/mol. The van der Waals surface area contributed by atoms with Gasteiger partial charge in [-0.15, -0.1) is 0 Å². The highest BCUT2D eigenvalue weighted by molar-refractivity contribution is 7.89. The van der Waals surface area contributed by atoms with Gasteiger partial charge in [-0.3, -0.25) is 4.79 Å². The summed E-state index contributed by atoms with van der Waals surface area (Å²) in [6.45, 7) is 0.638.